The maximum absolute atomic E-state index is 5.54. The minimum absolute atomic E-state index is 0.119. The summed E-state index contributed by atoms with van der Waals surface area (Å²) in [6, 6.07) is 11.9. The van der Waals surface area contributed by atoms with E-state index in [4.69, 9.17) is 18.9 Å². The van der Waals surface area contributed by atoms with Gasteiger partial charge in [-0.2, -0.15) is 0 Å². The minimum Gasteiger partial charge on any atom is -0.497 e. The molecular formula is C18H21NO4. The van der Waals surface area contributed by atoms with E-state index in [1.54, 1.807) is 14.2 Å². The molecule has 1 aliphatic heterocycles. The van der Waals surface area contributed by atoms with E-state index in [9.17, 15) is 0 Å². The number of hydrogen-bond donors (Lipinski definition) is 1. The molecule has 1 atom stereocenters. The van der Waals surface area contributed by atoms with Gasteiger partial charge in [-0.15, -0.1) is 0 Å². The fourth-order valence-corrected chi connectivity index (χ4v) is 2.68. The zero-order valence-corrected chi connectivity index (χ0v) is 13.6. The lowest BCUT2D eigenvalue weighted by Gasteiger charge is -2.18. The maximum atomic E-state index is 5.54. The van der Waals surface area contributed by atoms with Crippen LogP contribution in [0, 0.1) is 0 Å². The standard InChI is InChI=1S/C18H21NO4/c1-12(15-8-7-14(20-2)9-17(15)21-3)19-10-13-5-4-6-16-18(13)23-11-22-16/h4-9,12,19H,10-11H2,1-3H3/t12-/m0/s1. The predicted molar refractivity (Wildman–Crippen MR) is 87.4 cm³/mol. The van der Waals surface area contributed by atoms with E-state index in [-0.39, 0.29) is 12.8 Å². The molecule has 0 unspecified atom stereocenters. The molecule has 5 heteroatoms. The maximum Gasteiger partial charge on any atom is 0.231 e. The largest absolute Gasteiger partial charge is 0.497 e. The van der Waals surface area contributed by atoms with Gasteiger partial charge in [0.2, 0.25) is 6.79 Å². The van der Waals surface area contributed by atoms with Crippen LogP contribution < -0.4 is 24.3 Å². The topological polar surface area (TPSA) is 49.0 Å². The molecule has 0 bridgehead atoms. The van der Waals surface area contributed by atoms with Crippen molar-refractivity contribution in [3.05, 3.63) is 47.5 Å². The highest BCUT2D eigenvalue weighted by molar-refractivity contribution is 5.48. The highest BCUT2D eigenvalue weighted by Crippen LogP contribution is 2.36. The number of nitrogens with one attached hydrogen (secondary N) is 1. The summed E-state index contributed by atoms with van der Waals surface area (Å²) in [6.45, 7) is 3.07. The van der Waals surface area contributed by atoms with Crippen molar-refractivity contribution in [3.63, 3.8) is 0 Å². The molecule has 2 aromatic rings. The van der Waals surface area contributed by atoms with Crippen molar-refractivity contribution in [3.8, 4) is 23.0 Å². The molecule has 0 fully saturated rings. The molecule has 3 rings (SSSR count). The van der Waals surface area contributed by atoms with E-state index < -0.39 is 0 Å². The van der Waals surface area contributed by atoms with Gasteiger partial charge in [0, 0.05) is 29.8 Å². The third-order valence-corrected chi connectivity index (χ3v) is 3.98. The molecule has 5 nitrogen and oxygen atoms in total. The molecule has 23 heavy (non-hydrogen) atoms. The highest BCUT2D eigenvalue weighted by Gasteiger charge is 2.18. The molecule has 0 saturated carbocycles. The van der Waals surface area contributed by atoms with Gasteiger partial charge in [0.15, 0.2) is 11.5 Å². The third kappa shape index (κ3) is 3.19. The fourth-order valence-electron chi connectivity index (χ4n) is 2.68. The average molecular weight is 315 g/mol. The molecule has 0 radical (unpaired) electrons. The molecule has 0 aliphatic carbocycles. The lowest BCUT2D eigenvalue weighted by Crippen LogP contribution is -2.19. The molecule has 1 N–H and O–H groups in total. The Morgan fingerprint density at radius 1 is 1.13 bits per heavy atom. The molecule has 0 aromatic heterocycles. The molecular weight excluding hydrogens is 294 g/mol. The van der Waals surface area contributed by atoms with Crippen LogP contribution in [0.4, 0.5) is 0 Å². The number of methoxy groups -OCH3 is 2. The Bertz CT molecular complexity index is 687. The van der Waals surface area contributed by atoms with Gasteiger partial charge >= 0.3 is 0 Å². The molecule has 0 spiro atoms. The van der Waals surface area contributed by atoms with Gasteiger partial charge in [-0.1, -0.05) is 18.2 Å². The SMILES string of the molecule is COc1ccc([C@H](C)NCc2cccc3c2OCO3)c(OC)c1. The molecule has 122 valence electrons. The Morgan fingerprint density at radius 3 is 2.78 bits per heavy atom. The Kier molecular flexibility index (Phi) is 4.57. The Hall–Kier alpha value is -2.40. The van der Waals surface area contributed by atoms with Gasteiger partial charge in [-0.05, 0) is 19.1 Å². The number of hydrogen-bond acceptors (Lipinski definition) is 5. The van der Waals surface area contributed by atoms with Crippen molar-refractivity contribution in [2.75, 3.05) is 21.0 Å². The van der Waals surface area contributed by atoms with Crippen LogP contribution in [0.3, 0.4) is 0 Å². The first-order valence-corrected chi connectivity index (χ1v) is 7.55. The summed E-state index contributed by atoms with van der Waals surface area (Å²) in [5.74, 6) is 3.22. The van der Waals surface area contributed by atoms with E-state index in [0.29, 0.717) is 6.54 Å². The van der Waals surface area contributed by atoms with Crippen LogP contribution in [-0.2, 0) is 6.54 Å². The zero-order valence-electron chi connectivity index (χ0n) is 13.6. The second-order valence-electron chi connectivity index (χ2n) is 5.36. The second kappa shape index (κ2) is 6.79. The molecule has 1 aliphatic rings. The number of rotatable bonds is 6. The smallest absolute Gasteiger partial charge is 0.231 e. The van der Waals surface area contributed by atoms with Gasteiger partial charge in [-0.25, -0.2) is 0 Å². The third-order valence-electron chi connectivity index (χ3n) is 3.98. The van der Waals surface area contributed by atoms with Crippen molar-refractivity contribution in [2.24, 2.45) is 0 Å². The van der Waals surface area contributed by atoms with Crippen molar-refractivity contribution in [1.82, 2.24) is 5.32 Å². The lowest BCUT2D eigenvalue weighted by molar-refractivity contribution is 0.173. The van der Waals surface area contributed by atoms with Crippen LogP contribution >= 0.6 is 0 Å². The first kappa shape index (κ1) is 15.5. The van der Waals surface area contributed by atoms with Crippen LogP contribution in [0.2, 0.25) is 0 Å². The van der Waals surface area contributed by atoms with Crippen LogP contribution in [0.1, 0.15) is 24.1 Å². The second-order valence-corrected chi connectivity index (χ2v) is 5.36. The first-order chi connectivity index (χ1) is 11.2. The van der Waals surface area contributed by atoms with Crippen LogP contribution in [0.25, 0.3) is 0 Å². The summed E-state index contributed by atoms with van der Waals surface area (Å²) in [7, 11) is 3.31. The normalized spacial score (nSPS) is 13.7. The van der Waals surface area contributed by atoms with Gasteiger partial charge in [0.1, 0.15) is 11.5 Å². The summed E-state index contributed by atoms with van der Waals surface area (Å²) in [4.78, 5) is 0. The summed E-state index contributed by atoms with van der Waals surface area (Å²) >= 11 is 0. The average Bonchev–Trinajstić information content (AvgIpc) is 3.08. The lowest BCUT2D eigenvalue weighted by atomic mass is 10.1. The van der Waals surface area contributed by atoms with Crippen molar-refractivity contribution < 1.29 is 18.9 Å². The van der Waals surface area contributed by atoms with Crippen LogP contribution in [0.15, 0.2) is 36.4 Å². The Balaban J connectivity index is 1.73. The summed E-state index contributed by atoms with van der Waals surface area (Å²) in [5.41, 5.74) is 2.16. The number of fused-ring (bicyclic) bond motifs is 1. The minimum atomic E-state index is 0.119. The Morgan fingerprint density at radius 2 is 2.00 bits per heavy atom. The van der Waals surface area contributed by atoms with E-state index in [1.165, 1.54) is 0 Å². The molecule has 2 aromatic carbocycles. The van der Waals surface area contributed by atoms with Gasteiger partial charge in [-0.3, -0.25) is 0 Å². The number of benzene rings is 2. The predicted octanol–water partition coefficient (Wildman–Crippen LogP) is 3.28. The highest BCUT2D eigenvalue weighted by atomic mass is 16.7. The van der Waals surface area contributed by atoms with Crippen molar-refractivity contribution in [2.45, 2.75) is 19.5 Å². The summed E-state index contributed by atoms with van der Waals surface area (Å²) < 4.78 is 21.7. The quantitative estimate of drug-likeness (QED) is 0.886. The van der Waals surface area contributed by atoms with Crippen LogP contribution in [-0.4, -0.2) is 21.0 Å². The van der Waals surface area contributed by atoms with Gasteiger partial charge < -0.3 is 24.3 Å². The van der Waals surface area contributed by atoms with Gasteiger partial charge in [0.05, 0.1) is 14.2 Å². The molecule has 0 amide bonds. The first-order valence-electron chi connectivity index (χ1n) is 7.55. The van der Waals surface area contributed by atoms with Crippen molar-refractivity contribution >= 4 is 0 Å². The van der Waals surface area contributed by atoms with Gasteiger partial charge in [0.25, 0.3) is 0 Å². The summed E-state index contributed by atoms with van der Waals surface area (Å²) in [5, 5.41) is 3.50. The number of ether oxygens (including phenoxy) is 4. The number of para-hydroxylation sites is 1. The summed E-state index contributed by atoms with van der Waals surface area (Å²) in [6.07, 6.45) is 0. The van der Waals surface area contributed by atoms with Crippen molar-refractivity contribution in [1.29, 1.82) is 0 Å². The molecule has 1 heterocycles. The molecule has 0 saturated heterocycles. The van der Waals surface area contributed by atoms with E-state index in [0.717, 1.165) is 34.1 Å². The monoisotopic (exact) mass is 315 g/mol. The van der Waals surface area contributed by atoms with Crippen LogP contribution in [0.5, 0.6) is 23.0 Å². The van der Waals surface area contributed by atoms with E-state index in [2.05, 4.69) is 12.2 Å². The van der Waals surface area contributed by atoms with E-state index >= 15 is 0 Å². The zero-order chi connectivity index (χ0) is 16.2. The Labute approximate surface area is 136 Å². The fraction of sp³-hybridized carbons (Fsp3) is 0.333. The van der Waals surface area contributed by atoms with E-state index in [1.807, 2.05) is 36.4 Å².